The summed E-state index contributed by atoms with van der Waals surface area (Å²) in [5.41, 5.74) is 3.04. The molecule has 1 aromatic carbocycles. The minimum absolute atomic E-state index is 0.0469. The number of benzene rings is 1. The van der Waals surface area contributed by atoms with Gasteiger partial charge in [-0.15, -0.1) is 0 Å². The fourth-order valence-electron chi connectivity index (χ4n) is 1.78. The van der Waals surface area contributed by atoms with Crippen molar-refractivity contribution in [3.05, 3.63) is 34.6 Å². The number of nitrogens with zero attached hydrogens (tertiary/aromatic N) is 1. The fraction of sp³-hybridized carbons (Fsp3) is 0.400. The molecule has 0 unspecified atom stereocenters. The van der Waals surface area contributed by atoms with Gasteiger partial charge in [-0.2, -0.15) is 0 Å². The van der Waals surface area contributed by atoms with Gasteiger partial charge in [0, 0.05) is 18.7 Å². The van der Waals surface area contributed by atoms with Crippen LogP contribution < -0.4 is 0 Å². The van der Waals surface area contributed by atoms with E-state index in [4.69, 9.17) is 0 Å². The van der Waals surface area contributed by atoms with E-state index in [-0.39, 0.29) is 5.82 Å². The predicted molar refractivity (Wildman–Crippen MR) is 46.3 cm³/mol. The molecule has 0 saturated carbocycles. The molecular weight excluding hydrogens is 153 g/mol. The van der Waals surface area contributed by atoms with Gasteiger partial charge in [-0.25, -0.2) is 4.39 Å². The Kier molecular flexibility index (Phi) is 1.65. The summed E-state index contributed by atoms with van der Waals surface area (Å²) in [5, 5.41) is 0. The van der Waals surface area contributed by atoms with Crippen LogP contribution in [-0.2, 0) is 13.1 Å². The summed E-state index contributed by atoms with van der Waals surface area (Å²) in [6, 6.07) is 3.68. The molecule has 64 valence electrons. The molecule has 0 N–H and O–H groups in total. The van der Waals surface area contributed by atoms with Crippen molar-refractivity contribution in [2.45, 2.75) is 20.0 Å². The van der Waals surface area contributed by atoms with Crippen LogP contribution in [0.2, 0.25) is 0 Å². The number of halogens is 1. The lowest BCUT2D eigenvalue weighted by Gasteiger charge is -2.02. The van der Waals surface area contributed by atoms with Crippen LogP contribution in [-0.4, -0.2) is 11.9 Å². The molecule has 0 aliphatic carbocycles. The highest BCUT2D eigenvalue weighted by Crippen LogP contribution is 2.24. The second-order valence-corrected chi connectivity index (χ2v) is 3.56. The van der Waals surface area contributed by atoms with Gasteiger partial charge in [-0.3, -0.25) is 4.90 Å². The zero-order valence-electron chi connectivity index (χ0n) is 7.39. The fourth-order valence-corrected chi connectivity index (χ4v) is 1.78. The maximum Gasteiger partial charge on any atom is 0.128 e. The topological polar surface area (TPSA) is 3.24 Å². The molecule has 0 saturated heterocycles. The molecule has 2 heteroatoms. The molecular formula is C10H12FN. The maximum atomic E-state index is 13.3. The van der Waals surface area contributed by atoms with Gasteiger partial charge in [0.1, 0.15) is 5.82 Å². The molecule has 12 heavy (non-hydrogen) atoms. The first kappa shape index (κ1) is 7.74. The van der Waals surface area contributed by atoms with Crippen LogP contribution in [0.25, 0.3) is 0 Å². The second-order valence-electron chi connectivity index (χ2n) is 3.56. The number of hydrogen-bond donors (Lipinski definition) is 0. The van der Waals surface area contributed by atoms with Crippen molar-refractivity contribution < 1.29 is 4.39 Å². The monoisotopic (exact) mass is 165 g/mol. The van der Waals surface area contributed by atoms with E-state index < -0.39 is 0 Å². The highest BCUT2D eigenvalue weighted by molar-refractivity contribution is 5.35. The van der Waals surface area contributed by atoms with Gasteiger partial charge < -0.3 is 0 Å². The number of fused-ring (bicyclic) bond motifs is 1. The van der Waals surface area contributed by atoms with E-state index in [1.807, 2.05) is 14.0 Å². The molecule has 1 aliphatic rings. The molecule has 0 bridgehead atoms. The van der Waals surface area contributed by atoms with Crippen molar-refractivity contribution in [1.29, 1.82) is 0 Å². The van der Waals surface area contributed by atoms with E-state index >= 15 is 0 Å². The van der Waals surface area contributed by atoms with Crippen LogP contribution in [0.3, 0.4) is 0 Å². The molecule has 1 aromatic rings. The Bertz CT molecular complexity index is 320. The quantitative estimate of drug-likeness (QED) is 0.569. The standard InChI is InChI=1S/C10H12FN/c1-7-3-8-5-12(2)6-9(8)10(11)4-7/h3-4H,5-6H2,1-2H3. The molecule has 0 aromatic heterocycles. The second kappa shape index (κ2) is 2.56. The van der Waals surface area contributed by atoms with Crippen LogP contribution in [0.5, 0.6) is 0 Å². The van der Waals surface area contributed by atoms with Crippen molar-refractivity contribution in [2.75, 3.05) is 7.05 Å². The highest BCUT2D eigenvalue weighted by Gasteiger charge is 2.18. The molecule has 1 aliphatic heterocycles. The van der Waals surface area contributed by atoms with Gasteiger partial charge in [-0.1, -0.05) is 6.07 Å². The summed E-state index contributed by atoms with van der Waals surface area (Å²) in [6.07, 6.45) is 0. The lowest BCUT2D eigenvalue weighted by Crippen LogP contribution is -2.07. The average molecular weight is 165 g/mol. The van der Waals surface area contributed by atoms with Gasteiger partial charge in [0.2, 0.25) is 0 Å². The Labute approximate surface area is 71.8 Å². The molecule has 0 radical (unpaired) electrons. The Morgan fingerprint density at radius 1 is 1.33 bits per heavy atom. The number of aryl methyl sites for hydroxylation is 1. The van der Waals surface area contributed by atoms with Crippen LogP contribution in [0.15, 0.2) is 12.1 Å². The van der Waals surface area contributed by atoms with Gasteiger partial charge in [0.05, 0.1) is 0 Å². The van der Waals surface area contributed by atoms with Crippen molar-refractivity contribution in [3.8, 4) is 0 Å². The van der Waals surface area contributed by atoms with Crippen LogP contribution >= 0.6 is 0 Å². The van der Waals surface area contributed by atoms with Crippen molar-refractivity contribution in [2.24, 2.45) is 0 Å². The Hall–Kier alpha value is -0.890. The summed E-state index contributed by atoms with van der Waals surface area (Å²) >= 11 is 0. The van der Waals surface area contributed by atoms with E-state index in [1.54, 1.807) is 6.07 Å². The maximum absolute atomic E-state index is 13.3. The van der Waals surface area contributed by atoms with Gasteiger partial charge >= 0.3 is 0 Å². The molecule has 2 rings (SSSR count). The molecule has 1 nitrogen and oxygen atoms in total. The summed E-state index contributed by atoms with van der Waals surface area (Å²) in [4.78, 5) is 2.12. The average Bonchev–Trinajstić information content (AvgIpc) is 2.29. The summed E-state index contributed by atoms with van der Waals surface area (Å²) in [6.45, 7) is 3.57. The van der Waals surface area contributed by atoms with Gasteiger partial charge in [0.25, 0.3) is 0 Å². The zero-order valence-corrected chi connectivity index (χ0v) is 7.39. The van der Waals surface area contributed by atoms with E-state index in [0.29, 0.717) is 0 Å². The van der Waals surface area contributed by atoms with E-state index in [1.165, 1.54) is 0 Å². The first-order chi connectivity index (χ1) is 5.66. The van der Waals surface area contributed by atoms with Crippen LogP contribution in [0.4, 0.5) is 4.39 Å². The Morgan fingerprint density at radius 3 is 2.83 bits per heavy atom. The van der Waals surface area contributed by atoms with Crippen molar-refractivity contribution in [3.63, 3.8) is 0 Å². The third-order valence-corrected chi connectivity index (χ3v) is 2.30. The Morgan fingerprint density at radius 2 is 2.08 bits per heavy atom. The highest BCUT2D eigenvalue weighted by atomic mass is 19.1. The number of rotatable bonds is 0. The molecule has 0 amide bonds. The van der Waals surface area contributed by atoms with Gasteiger partial charge in [-0.05, 0) is 31.2 Å². The van der Waals surface area contributed by atoms with E-state index in [9.17, 15) is 4.39 Å². The third kappa shape index (κ3) is 1.12. The third-order valence-electron chi connectivity index (χ3n) is 2.30. The largest absolute Gasteiger partial charge is 0.298 e. The summed E-state index contributed by atoms with van der Waals surface area (Å²) in [5.74, 6) is -0.0469. The minimum atomic E-state index is -0.0469. The first-order valence-electron chi connectivity index (χ1n) is 4.13. The molecule has 1 heterocycles. The van der Waals surface area contributed by atoms with Crippen LogP contribution in [0.1, 0.15) is 16.7 Å². The SMILES string of the molecule is Cc1cc(F)c2c(c1)CN(C)C2. The summed E-state index contributed by atoms with van der Waals surface area (Å²) in [7, 11) is 2.01. The lowest BCUT2D eigenvalue weighted by molar-refractivity contribution is 0.350. The summed E-state index contributed by atoms with van der Waals surface area (Å²) < 4.78 is 13.3. The van der Waals surface area contributed by atoms with Gasteiger partial charge in [0.15, 0.2) is 0 Å². The minimum Gasteiger partial charge on any atom is -0.298 e. The van der Waals surface area contributed by atoms with E-state index in [2.05, 4.69) is 11.0 Å². The first-order valence-corrected chi connectivity index (χ1v) is 4.13. The predicted octanol–water partition coefficient (Wildman–Crippen LogP) is 2.08. The normalized spacial score (nSPS) is 16.6. The van der Waals surface area contributed by atoms with Crippen LogP contribution in [0, 0.1) is 12.7 Å². The molecule has 0 atom stereocenters. The molecule has 0 spiro atoms. The number of hydrogen-bond acceptors (Lipinski definition) is 1. The lowest BCUT2D eigenvalue weighted by atomic mass is 10.1. The Balaban J connectivity index is 2.52. The van der Waals surface area contributed by atoms with Crippen molar-refractivity contribution in [1.82, 2.24) is 4.90 Å². The van der Waals surface area contributed by atoms with E-state index in [0.717, 1.165) is 29.8 Å². The smallest absolute Gasteiger partial charge is 0.128 e. The zero-order chi connectivity index (χ0) is 8.72. The van der Waals surface area contributed by atoms with Crippen molar-refractivity contribution >= 4 is 0 Å². The molecule has 0 fully saturated rings.